The number of halogens is 1. The van der Waals surface area contributed by atoms with Gasteiger partial charge in [-0.05, 0) is 18.2 Å². The Morgan fingerprint density at radius 2 is 2.12 bits per heavy atom. The third-order valence-corrected chi connectivity index (χ3v) is 3.43. The van der Waals surface area contributed by atoms with Crippen LogP contribution >= 0.6 is 0 Å². The lowest BCUT2D eigenvalue weighted by molar-refractivity contribution is 0.102. The standard InChI is InChI=1S/C17H11FN6O2/c18-11-5-12(8-19-7-11)26-13-6-14(16-23-21-10-24(16)9-13)17(25)22-15-3-1-2-4-20-15/h1-10H,(H,20,22,25). The van der Waals surface area contributed by atoms with Crippen LogP contribution in [0.4, 0.5) is 10.2 Å². The number of nitrogens with one attached hydrogen (secondary N) is 1. The second-order valence-electron chi connectivity index (χ2n) is 5.26. The zero-order valence-electron chi connectivity index (χ0n) is 13.2. The van der Waals surface area contributed by atoms with Gasteiger partial charge in [0, 0.05) is 12.3 Å². The Labute approximate surface area is 146 Å². The summed E-state index contributed by atoms with van der Waals surface area (Å²) < 4.78 is 20.4. The van der Waals surface area contributed by atoms with Crippen LogP contribution in [0.25, 0.3) is 5.65 Å². The number of fused-ring (bicyclic) bond motifs is 1. The summed E-state index contributed by atoms with van der Waals surface area (Å²) in [6, 6.07) is 7.85. The minimum absolute atomic E-state index is 0.202. The summed E-state index contributed by atoms with van der Waals surface area (Å²) in [4.78, 5) is 20.4. The molecule has 0 bridgehead atoms. The predicted molar refractivity (Wildman–Crippen MR) is 89.4 cm³/mol. The van der Waals surface area contributed by atoms with E-state index in [-0.39, 0.29) is 11.3 Å². The molecule has 9 heteroatoms. The van der Waals surface area contributed by atoms with Crippen molar-refractivity contribution in [2.45, 2.75) is 0 Å². The van der Waals surface area contributed by atoms with E-state index in [1.807, 2.05) is 0 Å². The Hall–Kier alpha value is -3.88. The first kappa shape index (κ1) is 15.6. The molecule has 0 radical (unpaired) electrons. The van der Waals surface area contributed by atoms with Crippen LogP contribution in [0.1, 0.15) is 10.4 Å². The van der Waals surface area contributed by atoms with E-state index >= 15 is 0 Å². The quantitative estimate of drug-likeness (QED) is 0.608. The van der Waals surface area contributed by atoms with Crippen molar-refractivity contribution in [1.82, 2.24) is 24.6 Å². The second kappa shape index (κ2) is 6.55. The Morgan fingerprint density at radius 1 is 1.19 bits per heavy atom. The summed E-state index contributed by atoms with van der Waals surface area (Å²) in [5.74, 6) is -0.0503. The van der Waals surface area contributed by atoms with Crippen LogP contribution in [0.5, 0.6) is 11.5 Å². The average molecular weight is 350 g/mol. The first-order valence-corrected chi connectivity index (χ1v) is 7.53. The van der Waals surface area contributed by atoms with Gasteiger partial charge in [-0.25, -0.2) is 9.37 Å². The van der Waals surface area contributed by atoms with Crippen LogP contribution in [0.2, 0.25) is 0 Å². The van der Waals surface area contributed by atoms with E-state index in [1.54, 1.807) is 30.6 Å². The first-order valence-electron chi connectivity index (χ1n) is 7.53. The third-order valence-electron chi connectivity index (χ3n) is 3.43. The van der Waals surface area contributed by atoms with Crippen molar-refractivity contribution in [2.75, 3.05) is 5.32 Å². The van der Waals surface area contributed by atoms with Crippen LogP contribution in [0, 0.1) is 5.82 Å². The maximum atomic E-state index is 13.3. The molecule has 26 heavy (non-hydrogen) atoms. The van der Waals surface area contributed by atoms with Crippen LogP contribution < -0.4 is 10.1 Å². The van der Waals surface area contributed by atoms with Crippen LogP contribution in [-0.4, -0.2) is 30.5 Å². The summed E-state index contributed by atoms with van der Waals surface area (Å²) >= 11 is 0. The number of rotatable bonds is 4. The highest BCUT2D eigenvalue weighted by atomic mass is 19.1. The Morgan fingerprint density at radius 3 is 2.92 bits per heavy atom. The molecule has 4 aromatic heterocycles. The van der Waals surface area contributed by atoms with E-state index < -0.39 is 11.7 Å². The molecule has 0 saturated carbocycles. The van der Waals surface area contributed by atoms with Gasteiger partial charge < -0.3 is 10.1 Å². The molecule has 4 rings (SSSR count). The van der Waals surface area contributed by atoms with Gasteiger partial charge in [-0.1, -0.05) is 6.07 Å². The van der Waals surface area contributed by atoms with Gasteiger partial charge >= 0.3 is 0 Å². The average Bonchev–Trinajstić information content (AvgIpc) is 3.10. The maximum absolute atomic E-state index is 13.3. The van der Waals surface area contributed by atoms with Crippen molar-refractivity contribution in [3.63, 3.8) is 0 Å². The summed E-state index contributed by atoms with van der Waals surface area (Å²) in [5, 5.41) is 10.4. The van der Waals surface area contributed by atoms with Crippen LogP contribution in [-0.2, 0) is 0 Å². The number of ether oxygens (including phenoxy) is 1. The van der Waals surface area contributed by atoms with Crippen molar-refractivity contribution < 1.29 is 13.9 Å². The van der Waals surface area contributed by atoms with Gasteiger partial charge in [0.25, 0.3) is 5.91 Å². The molecule has 128 valence electrons. The van der Waals surface area contributed by atoms with Gasteiger partial charge in [0.15, 0.2) is 5.65 Å². The fourth-order valence-electron chi connectivity index (χ4n) is 2.34. The van der Waals surface area contributed by atoms with Gasteiger partial charge in [-0.2, -0.15) is 0 Å². The van der Waals surface area contributed by atoms with Crippen molar-refractivity contribution in [3.8, 4) is 11.5 Å². The number of carbonyl (C=O) groups is 1. The van der Waals surface area contributed by atoms with Crippen molar-refractivity contribution in [2.24, 2.45) is 0 Å². The topological polar surface area (TPSA) is 94.3 Å². The van der Waals surface area contributed by atoms with E-state index in [1.165, 1.54) is 29.1 Å². The molecule has 8 nitrogen and oxygen atoms in total. The van der Waals surface area contributed by atoms with E-state index in [0.717, 1.165) is 6.20 Å². The molecule has 0 aliphatic heterocycles. The molecule has 0 fully saturated rings. The molecule has 1 amide bonds. The van der Waals surface area contributed by atoms with E-state index in [4.69, 9.17) is 4.74 Å². The number of anilines is 1. The van der Waals surface area contributed by atoms with Crippen molar-refractivity contribution in [1.29, 1.82) is 0 Å². The second-order valence-corrected chi connectivity index (χ2v) is 5.26. The highest BCUT2D eigenvalue weighted by molar-refractivity contribution is 6.08. The number of carbonyl (C=O) groups excluding carboxylic acids is 1. The number of nitrogens with zero attached hydrogens (tertiary/aromatic N) is 5. The summed E-state index contributed by atoms with van der Waals surface area (Å²) in [6.07, 6.45) is 7.02. The van der Waals surface area contributed by atoms with Crippen molar-refractivity contribution >= 4 is 17.4 Å². The Bertz CT molecular complexity index is 1080. The summed E-state index contributed by atoms with van der Waals surface area (Å²) in [7, 11) is 0. The minimum atomic E-state index is -0.527. The van der Waals surface area contributed by atoms with Gasteiger partial charge in [-0.3, -0.25) is 14.2 Å². The lowest BCUT2D eigenvalue weighted by Gasteiger charge is -2.09. The molecule has 0 aromatic carbocycles. The van der Waals surface area contributed by atoms with E-state index in [0.29, 0.717) is 17.2 Å². The van der Waals surface area contributed by atoms with Gasteiger partial charge in [0.2, 0.25) is 0 Å². The Balaban J connectivity index is 1.69. The lowest BCUT2D eigenvalue weighted by Crippen LogP contribution is -2.14. The summed E-state index contributed by atoms with van der Waals surface area (Å²) in [5.41, 5.74) is 0.582. The van der Waals surface area contributed by atoms with Crippen LogP contribution in [0.3, 0.4) is 0 Å². The largest absolute Gasteiger partial charge is 0.454 e. The van der Waals surface area contributed by atoms with E-state index in [2.05, 4.69) is 25.5 Å². The van der Waals surface area contributed by atoms with Crippen molar-refractivity contribution in [3.05, 3.63) is 72.8 Å². The highest BCUT2D eigenvalue weighted by Crippen LogP contribution is 2.24. The first-order chi connectivity index (χ1) is 12.7. The zero-order chi connectivity index (χ0) is 17.9. The molecule has 4 heterocycles. The molecule has 0 aliphatic carbocycles. The Kier molecular flexibility index (Phi) is 3.94. The van der Waals surface area contributed by atoms with Crippen LogP contribution in [0.15, 0.2) is 61.4 Å². The normalized spacial score (nSPS) is 10.7. The molecule has 0 aliphatic rings. The molecule has 0 spiro atoms. The maximum Gasteiger partial charge on any atom is 0.260 e. The van der Waals surface area contributed by atoms with Gasteiger partial charge in [0.1, 0.15) is 29.5 Å². The molecule has 0 saturated heterocycles. The highest BCUT2D eigenvalue weighted by Gasteiger charge is 2.16. The monoisotopic (exact) mass is 350 g/mol. The minimum Gasteiger partial charge on any atom is -0.454 e. The molecule has 4 aromatic rings. The third kappa shape index (κ3) is 3.18. The molecular weight excluding hydrogens is 339 g/mol. The SMILES string of the molecule is O=C(Nc1ccccn1)c1cc(Oc2cncc(F)c2)cn2cnnc12. The summed E-state index contributed by atoms with van der Waals surface area (Å²) in [6.45, 7) is 0. The molecular formula is C17H11FN6O2. The predicted octanol–water partition coefficient (Wildman–Crippen LogP) is 2.70. The fourth-order valence-corrected chi connectivity index (χ4v) is 2.34. The molecule has 0 unspecified atom stereocenters. The number of amides is 1. The smallest absolute Gasteiger partial charge is 0.260 e. The lowest BCUT2D eigenvalue weighted by atomic mass is 10.2. The zero-order valence-corrected chi connectivity index (χ0v) is 13.2. The number of hydrogen-bond donors (Lipinski definition) is 1. The number of pyridine rings is 3. The fraction of sp³-hybridized carbons (Fsp3) is 0. The number of hydrogen-bond acceptors (Lipinski definition) is 6. The molecule has 1 N–H and O–H groups in total. The molecule has 0 atom stereocenters. The van der Waals surface area contributed by atoms with Gasteiger partial charge in [0.05, 0.1) is 24.2 Å². The van der Waals surface area contributed by atoms with E-state index in [9.17, 15) is 9.18 Å². The number of aromatic nitrogens is 5. The van der Waals surface area contributed by atoms with Gasteiger partial charge in [-0.15, -0.1) is 10.2 Å².